The second-order valence-corrected chi connectivity index (χ2v) is 7.00. The van der Waals surface area contributed by atoms with Gasteiger partial charge in [-0.05, 0) is 30.2 Å². The first-order valence-corrected chi connectivity index (χ1v) is 9.19. The zero-order valence-corrected chi connectivity index (χ0v) is 16.2. The summed E-state index contributed by atoms with van der Waals surface area (Å²) in [4.78, 5) is 25.0. The lowest BCUT2D eigenvalue weighted by molar-refractivity contribution is -0.115. The van der Waals surface area contributed by atoms with Crippen molar-refractivity contribution in [3.8, 4) is 5.75 Å². The molecule has 0 unspecified atom stereocenters. The van der Waals surface area contributed by atoms with E-state index in [0.29, 0.717) is 35.0 Å². The Balaban J connectivity index is 1.73. The third kappa shape index (κ3) is 4.52. The lowest BCUT2D eigenvalue weighted by atomic mass is 10.1. The van der Waals surface area contributed by atoms with Gasteiger partial charge < -0.3 is 19.8 Å². The van der Waals surface area contributed by atoms with Gasteiger partial charge in [-0.1, -0.05) is 26.0 Å². The van der Waals surface area contributed by atoms with Crippen LogP contribution >= 0.6 is 0 Å². The van der Waals surface area contributed by atoms with Crippen LogP contribution in [0.25, 0.3) is 11.0 Å². The highest BCUT2D eigenvalue weighted by atomic mass is 16.5. The third-order valence-electron chi connectivity index (χ3n) is 4.33. The monoisotopic (exact) mass is 380 g/mol. The number of furan rings is 1. The molecule has 28 heavy (non-hydrogen) atoms. The molecule has 0 radical (unpaired) electrons. The Labute approximate surface area is 163 Å². The van der Waals surface area contributed by atoms with Crippen molar-refractivity contribution in [2.24, 2.45) is 5.92 Å². The molecule has 2 aromatic carbocycles. The standard InChI is InChI=1S/C22H24N2O4/c1-14(2)12-23-22(26)18-6-4-5-7-19(18)24-21(25)10-15-13-28-20-11-16(27-3)8-9-17(15)20/h4-9,11,13-14H,10,12H2,1-3H3,(H,23,26)(H,24,25). The van der Waals surface area contributed by atoms with Crippen LogP contribution < -0.4 is 15.4 Å². The van der Waals surface area contributed by atoms with Gasteiger partial charge in [-0.3, -0.25) is 9.59 Å². The van der Waals surface area contributed by atoms with Crippen LogP contribution in [-0.2, 0) is 11.2 Å². The molecule has 0 bridgehead atoms. The van der Waals surface area contributed by atoms with Crippen molar-refractivity contribution in [1.82, 2.24) is 5.32 Å². The largest absolute Gasteiger partial charge is 0.497 e. The van der Waals surface area contributed by atoms with Crippen molar-refractivity contribution in [3.63, 3.8) is 0 Å². The van der Waals surface area contributed by atoms with E-state index in [1.807, 2.05) is 26.0 Å². The van der Waals surface area contributed by atoms with Gasteiger partial charge in [0.2, 0.25) is 5.91 Å². The number of carbonyl (C=O) groups excluding carboxylic acids is 2. The summed E-state index contributed by atoms with van der Waals surface area (Å²) in [6, 6.07) is 12.5. The van der Waals surface area contributed by atoms with E-state index >= 15 is 0 Å². The van der Waals surface area contributed by atoms with E-state index < -0.39 is 0 Å². The van der Waals surface area contributed by atoms with Crippen LogP contribution in [0.3, 0.4) is 0 Å². The van der Waals surface area contributed by atoms with Crippen LogP contribution in [0.4, 0.5) is 5.69 Å². The van der Waals surface area contributed by atoms with Gasteiger partial charge in [0.25, 0.3) is 5.91 Å². The molecule has 0 atom stereocenters. The molecule has 2 amide bonds. The topological polar surface area (TPSA) is 80.6 Å². The maximum Gasteiger partial charge on any atom is 0.253 e. The highest BCUT2D eigenvalue weighted by Gasteiger charge is 2.15. The highest BCUT2D eigenvalue weighted by Crippen LogP contribution is 2.26. The molecule has 6 nitrogen and oxygen atoms in total. The van der Waals surface area contributed by atoms with Crippen molar-refractivity contribution in [2.75, 3.05) is 19.0 Å². The van der Waals surface area contributed by atoms with Crippen molar-refractivity contribution in [1.29, 1.82) is 0 Å². The van der Waals surface area contributed by atoms with Crippen LogP contribution in [0.5, 0.6) is 5.75 Å². The van der Waals surface area contributed by atoms with Gasteiger partial charge in [0.1, 0.15) is 11.3 Å². The number of para-hydroxylation sites is 1. The molecule has 0 aliphatic heterocycles. The van der Waals surface area contributed by atoms with E-state index in [1.165, 1.54) is 0 Å². The highest BCUT2D eigenvalue weighted by molar-refractivity contribution is 6.04. The quantitative estimate of drug-likeness (QED) is 0.649. The summed E-state index contributed by atoms with van der Waals surface area (Å²) in [6.07, 6.45) is 1.71. The number of hydrogen-bond acceptors (Lipinski definition) is 4. The fourth-order valence-corrected chi connectivity index (χ4v) is 2.88. The summed E-state index contributed by atoms with van der Waals surface area (Å²) >= 11 is 0. The summed E-state index contributed by atoms with van der Waals surface area (Å²) in [7, 11) is 1.59. The molecular formula is C22H24N2O4. The first kappa shape index (κ1) is 19.5. The van der Waals surface area contributed by atoms with Crippen LogP contribution in [0.2, 0.25) is 0 Å². The predicted molar refractivity (Wildman–Crippen MR) is 109 cm³/mol. The van der Waals surface area contributed by atoms with Gasteiger partial charge in [-0.2, -0.15) is 0 Å². The number of nitrogens with one attached hydrogen (secondary N) is 2. The Morgan fingerprint density at radius 3 is 2.68 bits per heavy atom. The Kier molecular flexibility index (Phi) is 5.99. The summed E-state index contributed by atoms with van der Waals surface area (Å²) in [5.41, 5.74) is 2.37. The third-order valence-corrected chi connectivity index (χ3v) is 4.33. The van der Waals surface area contributed by atoms with Crippen LogP contribution in [-0.4, -0.2) is 25.5 Å². The Morgan fingerprint density at radius 1 is 1.14 bits per heavy atom. The Morgan fingerprint density at radius 2 is 1.93 bits per heavy atom. The zero-order valence-electron chi connectivity index (χ0n) is 16.2. The molecule has 1 heterocycles. The Hall–Kier alpha value is -3.28. The summed E-state index contributed by atoms with van der Waals surface area (Å²) < 4.78 is 10.7. The second kappa shape index (κ2) is 8.61. The number of fused-ring (bicyclic) bond motifs is 1. The van der Waals surface area contributed by atoms with Gasteiger partial charge in [0.05, 0.1) is 31.0 Å². The average molecular weight is 380 g/mol. The molecular weight excluding hydrogens is 356 g/mol. The number of amides is 2. The van der Waals surface area contributed by atoms with Gasteiger partial charge in [0.15, 0.2) is 0 Å². The molecule has 0 aliphatic carbocycles. The van der Waals surface area contributed by atoms with Crippen molar-refractivity contribution in [2.45, 2.75) is 20.3 Å². The molecule has 0 aliphatic rings. The molecule has 3 rings (SSSR count). The van der Waals surface area contributed by atoms with E-state index in [9.17, 15) is 9.59 Å². The van der Waals surface area contributed by atoms with Gasteiger partial charge >= 0.3 is 0 Å². The fraction of sp³-hybridized carbons (Fsp3) is 0.273. The molecule has 2 N–H and O–H groups in total. The molecule has 0 saturated heterocycles. The van der Waals surface area contributed by atoms with Crippen molar-refractivity contribution < 1.29 is 18.7 Å². The summed E-state index contributed by atoms with van der Waals surface area (Å²) in [5, 5.41) is 6.57. The maximum atomic E-state index is 12.6. The minimum Gasteiger partial charge on any atom is -0.497 e. The van der Waals surface area contributed by atoms with Gasteiger partial charge in [-0.25, -0.2) is 0 Å². The van der Waals surface area contributed by atoms with E-state index in [4.69, 9.17) is 9.15 Å². The number of carbonyl (C=O) groups is 2. The number of rotatable bonds is 7. The molecule has 1 aromatic heterocycles. The van der Waals surface area contributed by atoms with E-state index in [0.717, 1.165) is 10.9 Å². The second-order valence-electron chi connectivity index (χ2n) is 7.00. The zero-order chi connectivity index (χ0) is 20.1. The van der Waals surface area contributed by atoms with Gasteiger partial charge in [0, 0.05) is 23.6 Å². The number of anilines is 1. The first-order valence-electron chi connectivity index (χ1n) is 9.19. The van der Waals surface area contributed by atoms with Crippen molar-refractivity contribution >= 4 is 28.5 Å². The Bertz CT molecular complexity index is 991. The lowest BCUT2D eigenvalue weighted by Crippen LogP contribution is -2.28. The average Bonchev–Trinajstić information content (AvgIpc) is 3.08. The molecule has 146 valence electrons. The number of hydrogen-bond donors (Lipinski definition) is 2. The van der Waals surface area contributed by atoms with E-state index in [-0.39, 0.29) is 18.2 Å². The number of ether oxygens (including phenoxy) is 1. The van der Waals surface area contributed by atoms with Crippen LogP contribution in [0.1, 0.15) is 29.8 Å². The maximum absolute atomic E-state index is 12.6. The summed E-state index contributed by atoms with van der Waals surface area (Å²) in [6.45, 7) is 4.63. The molecule has 0 fully saturated rings. The summed E-state index contributed by atoms with van der Waals surface area (Å²) in [5.74, 6) is 0.617. The minimum absolute atomic E-state index is 0.140. The first-order chi connectivity index (χ1) is 13.5. The molecule has 3 aromatic rings. The molecule has 0 spiro atoms. The molecule has 6 heteroatoms. The molecule has 0 saturated carbocycles. The smallest absolute Gasteiger partial charge is 0.253 e. The fourth-order valence-electron chi connectivity index (χ4n) is 2.88. The van der Waals surface area contributed by atoms with Crippen LogP contribution in [0, 0.1) is 5.92 Å². The number of benzene rings is 2. The number of methoxy groups -OCH3 is 1. The minimum atomic E-state index is -0.220. The lowest BCUT2D eigenvalue weighted by Gasteiger charge is -2.12. The normalized spacial score (nSPS) is 10.9. The van der Waals surface area contributed by atoms with E-state index in [1.54, 1.807) is 43.7 Å². The van der Waals surface area contributed by atoms with Crippen molar-refractivity contribution in [3.05, 3.63) is 59.9 Å². The predicted octanol–water partition coefficient (Wildman–Crippen LogP) is 4.01. The van der Waals surface area contributed by atoms with Gasteiger partial charge in [-0.15, -0.1) is 0 Å². The van der Waals surface area contributed by atoms with Crippen LogP contribution in [0.15, 0.2) is 53.1 Å². The SMILES string of the molecule is COc1ccc2c(CC(=O)Nc3ccccc3C(=O)NCC(C)C)coc2c1. The van der Waals surface area contributed by atoms with E-state index in [2.05, 4.69) is 10.6 Å².